The van der Waals surface area contributed by atoms with E-state index in [4.69, 9.17) is 5.26 Å². The summed E-state index contributed by atoms with van der Waals surface area (Å²) >= 11 is 3.20. The second-order valence-electron chi connectivity index (χ2n) is 3.64. The molecule has 0 bridgehead atoms. The van der Waals surface area contributed by atoms with Crippen LogP contribution in [0.5, 0.6) is 0 Å². The molecule has 0 aliphatic rings. The number of benzene rings is 1. The van der Waals surface area contributed by atoms with E-state index in [1.807, 2.05) is 6.07 Å². The quantitative estimate of drug-likeness (QED) is 0.944. The van der Waals surface area contributed by atoms with Crippen molar-refractivity contribution in [1.82, 2.24) is 4.98 Å². The number of rotatable bonds is 3. The van der Waals surface area contributed by atoms with Gasteiger partial charge in [-0.25, -0.2) is 9.37 Å². The highest BCUT2D eigenvalue weighted by molar-refractivity contribution is 9.10. The highest BCUT2D eigenvalue weighted by atomic mass is 79.9. The molecule has 0 fully saturated rings. The third-order valence-corrected chi connectivity index (χ3v) is 2.85. The normalized spacial score (nSPS) is 9.83. The average Bonchev–Trinajstić information content (AvgIpc) is 2.38. The van der Waals surface area contributed by atoms with Gasteiger partial charge in [0.25, 0.3) is 0 Å². The molecule has 1 N–H and O–H groups in total. The van der Waals surface area contributed by atoms with Crippen molar-refractivity contribution in [2.24, 2.45) is 0 Å². The maximum absolute atomic E-state index is 13.5. The molecule has 0 unspecified atom stereocenters. The smallest absolute Gasteiger partial charge is 0.147 e. The van der Waals surface area contributed by atoms with Gasteiger partial charge in [-0.15, -0.1) is 0 Å². The van der Waals surface area contributed by atoms with Crippen LogP contribution in [0.4, 0.5) is 10.1 Å². The maximum atomic E-state index is 13.5. The SMILES string of the molecule is N#Cc1cc(CNc2ccc(Br)cc2F)ccn1. The fraction of sp³-hybridized carbons (Fsp3) is 0.0769. The standard InChI is InChI=1S/C13H9BrFN3/c14-10-1-2-13(12(15)6-10)18-8-9-3-4-17-11(5-9)7-16/h1-6,18H,8H2. The molecule has 3 nitrogen and oxygen atoms in total. The van der Waals surface area contributed by atoms with Crippen molar-refractivity contribution in [2.75, 3.05) is 5.32 Å². The molecule has 0 aliphatic heterocycles. The predicted octanol–water partition coefficient (Wildman–Crippen LogP) is 3.47. The molecule has 2 aromatic rings. The second kappa shape index (κ2) is 5.61. The summed E-state index contributed by atoms with van der Waals surface area (Å²) in [5.74, 6) is -0.320. The summed E-state index contributed by atoms with van der Waals surface area (Å²) in [5, 5.41) is 11.7. The lowest BCUT2D eigenvalue weighted by atomic mass is 10.2. The van der Waals surface area contributed by atoms with Gasteiger partial charge in [0.05, 0.1) is 5.69 Å². The molecule has 0 atom stereocenters. The molecule has 5 heteroatoms. The Bertz CT molecular complexity index is 607. The number of nitriles is 1. The first-order chi connectivity index (χ1) is 8.69. The minimum Gasteiger partial charge on any atom is -0.379 e. The Labute approximate surface area is 112 Å². The highest BCUT2D eigenvalue weighted by Crippen LogP contribution is 2.19. The highest BCUT2D eigenvalue weighted by Gasteiger charge is 2.02. The molecular formula is C13H9BrFN3. The van der Waals surface area contributed by atoms with E-state index in [0.717, 1.165) is 5.56 Å². The molecule has 0 radical (unpaired) electrons. The minimum absolute atomic E-state index is 0.320. The molecule has 0 saturated heterocycles. The predicted molar refractivity (Wildman–Crippen MR) is 70.4 cm³/mol. The zero-order valence-corrected chi connectivity index (χ0v) is 10.9. The molecule has 0 amide bonds. The number of nitrogens with zero attached hydrogens (tertiary/aromatic N) is 2. The van der Waals surface area contributed by atoms with Gasteiger partial charge < -0.3 is 5.32 Å². The van der Waals surface area contributed by atoms with E-state index in [9.17, 15) is 4.39 Å². The van der Waals surface area contributed by atoms with Gasteiger partial charge in [-0.3, -0.25) is 0 Å². The molecule has 1 heterocycles. The van der Waals surface area contributed by atoms with Gasteiger partial charge >= 0.3 is 0 Å². The first kappa shape index (κ1) is 12.5. The van der Waals surface area contributed by atoms with Crippen molar-refractivity contribution in [1.29, 1.82) is 5.26 Å². The van der Waals surface area contributed by atoms with E-state index in [1.165, 1.54) is 6.07 Å². The van der Waals surface area contributed by atoms with Crippen LogP contribution in [0.1, 0.15) is 11.3 Å². The van der Waals surface area contributed by atoms with Gasteiger partial charge in [0, 0.05) is 17.2 Å². The van der Waals surface area contributed by atoms with Gasteiger partial charge in [-0.2, -0.15) is 5.26 Å². The second-order valence-corrected chi connectivity index (χ2v) is 4.55. The Morgan fingerprint density at radius 1 is 1.33 bits per heavy atom. The van der Waals surface area contributed by atoms with Crippen LogP contribution in [0.15, 0.2) is 41.0 Å². The summed E-state index contributed by atoms with van der Waals surface area (Å²) in [5.41, 5.74) is 1.66. The summed E-state index contributed by atoms with van der Waals surface area (Å²) in [6.45, 7) is 0.440. The molecule has 2 rings (SSSR count). The summed E-state index contributed by atoms with van der Waals surface area (Å²) < 4.78 is 14.2. The van der Waals surface area contributed by atoms with Crippen LogP contribution in [-0.2, 0) is 6.54 Å². The molecule has 0 spiro atoms. The summed E-state index contributed by atoms with van der Waals surface area (Å²) in [4.78, 5) is 3.87. The molecular weight excluding hydrogens is 297 g/mol. The molecule has 0 aliphatic carbocycles. The number of aromatic nitrogens is 1. The molecule has 90 valence electrons. The van der Waals surface area contributed by atoms with Crippen LogP contribution >= 0.6 is 15.9 Å². The zero-order chi connectivity index (χ0) is 13.0. The van der Waals surface area contributed by atoms with Crippen molar-refractivity contribution in [3.63, 3.8) is 0 Å². The molecule has 1 aromatic carbocycles. The molecule has 0 saturated carbocycles. The first-order valence-corrected chi connectivity index (χ1v) is 6.02. The van der Waals surface area contributed by atoms with Crippen LogP contribution in [-0.4, -0.2) is 4.98 Å². The molecule has 1 aromatic heterocycles. The third kappa shape index (κ3) is 3.05. The van der Waals surface area contributed by atoms with E-state index in [0.29, 0.717) is 22.4 Å². The topological polar surface area (TPSA) is 48.7 Å². The first-order valence-electron chi connectivity index (χ1n) is 5.23. The average molecular weight is 306 g/mol. The van der Waals surface area contributed by atoms with Crippen LogP contribution in [0.25, 0.3) is 0 Å². The van der Waals surface area contributed by atoms with Gasteiger partial charge in [0.2, 0.25) is 0 Å². The number of hydrogen-bond donors (Lipinski definition) is 1. The van der Waals surface area contributed by atoms with Crippen LogP contribution in [0, 0.1) is 17.1 Å². The van der Waals surface area contributed by atoms with E-state index in [2.05, 4.69) is 26.2 Å². The maximum Gasteiger partial charge on any atom is 0.147 e. The van der Waals surface area contributed by atoms with E-state index >= 15 is 0 Å². The van der Waals surface area contributed by atoms with E-state index < -0.39 is 0 Å². The Balaban J connectivity index is 2.09. The summed E-state index contributed by atoms with van der Waals surface area (Å²) in [7, 11) is 0. The van der Waals surface area contributed by atoms with Gasteiger partial charge in [0.15, 0.2) is 0 Å². The zero-order valence-electron chi connectivity index (χ0n) is 9.32. The fourth-order valence-corrected chi connectivity index (χ4v) is 1.81. The number of anilines is 1. The third-order valence-electron chi connectivity index (χ3n) is 2.35. The summed E-state index contributed by atoms with van der Waals surface area (Å²) in [6.07, 6.45) is 1.56. The van der Waals surface area contributed by atoms with Crippen LogP contribution in [0.3, 0.4) is 0 Å². The monoisotopic (exact) mass is 305 g/mol. The van der Waals surface area contributed by atoms with Gasteiger partial charge in [-0.05, 0) is 35.9 Å². The van der Waals surface area contributed by atoms with E-state index in [1.54, 1.807) is 30.5 Å². The lowest BCUT2D eigenvalue weighted by Gasteiger charge is -2.07. The number of hydrogen-bond acceptors (Lipinski definition) is 3. The van der Waals surface area contributed by atoms with Crippen molar-refractivity contribution < 1.29 is 4.39 Å². The van der Waals surface area contributed by atoms with Crippen molar-refractivity contribution in [2.45, 2.75) is 6.54 Å². The fourth-order valence-electron chi connectivity index (χ4n) is 1.48. The lowest BCUT2D eigenvalue weighted by molar-refractivity contribution is 0.629. The number of nitrogens with one attached hydrogen (secondary N) is 1. The lowest BCUT2D eigenvalue weighted by Crippen LogP contribution is -2.02. The number of halogens is 2. The number of pyridine rings is 1. The Hall–Kier alpha value is -1.93. The van der Waals surface area contributed by atoms with Crippen molar-refractivity contribution in [3.05, 3.63) is 58.1 Å². The minimum atomic E-state index is -0.320. The summed E-state index contributed by atoms with van der Waals surface area (Å²) in [6, 6.07) is 10.2. The largest absolute Gasteiger partial charge is 0.379 e. The van der Waals surface area contributed by atoms with Gasteiger partial charge in [-0.1, -0.05) is 15.9 Å². The Morgan fingerprint density at radius 2 is 2.17 bits per heavy atom. The van der Waals surface area contributed by atoms with Gasteiger partial charge in [0.1, 0.15) is 17.6 Å². The van der Waals surface area contributed by atoms with Crippen LogP contribution < -0.4 is 5.32 Å². The van der Waals surface area contributed by atoms with Crippen LogP contribution in [0.2, 0.25) is 0 Å². The van der Waals surface area contributed by atoms with E-state index in [-0.39, 0.29) is 5.82 Å². The van der Waals surface area contributed by atoms with Crippen molar-refractivity contribution >= 4 is 21.6 Å². The Morgan fingerprint density at radius 3 is 2.89 bits per heavy atom. The van der Waals surface area contributed by atoms with Crippen molar-refractivity contribution in [3.8, 4) is 6.07 Å². The molecule has 18 heavy (non-hydrogen) atoms. The Kier molecular flexibility index (Phi) is 3.90.